The summed E-state index contributed by atoms with van der Waals surface area (Å²) in [6.45, 7) is 5.00. The van der Waals surface area contributed by atoms with Gasteiger partial charge in [0.1, 0.15) is 0 Å². The molecule has 0 saturated carbocycles. The van der Waals surface area contributed by atoms with Crippen molar-refractivity contribution in [1.82, 2.24) is 9.80 Å². The van der Waals surface area contributed by atoms with Crippen LogP contribution >= 0.6 is 0 Å². The first-order valence-electron chi connectivity index (χ1n) is 9.88. The predicted octanol–water partition coefficient (Wildman–Crippen LogP) is 3.96. The van der Waals surface area contributed by atoms with E-state index in [2.05, 4.69) is 10.8 Å². The molecule has 2 aromatic rings. The lowest BCUT2D eigenvalue weighted by atomic mass is 10.0. The molecule has 164 valence electrons. The number of primary amides is 1. The Kier molecular flexibility index (Phi) is 6.58. The van der Waals surface area contributed by atoms with Crippen molar-refractivity contribution in [1.29, 1.82) is 0 Å². The molecule has 1 saturated heterocycles. The van der Waals surface area contributed by atoms with Crippen LogP contribution in [0.2, 0.25) is 0 Å². The molecule has 0 radical (unpaired) electrons. The number of nitrogens with zero attached hydrogens (tertiary/aromatic N) is 3. The summed E-state index contributed by atoms with van der Waals surface area (Å²) in [5, 5.41) is 0. The van der Waals surface area contributed by atoms with Crippen LogP contribution in [0.15, 0.2) is 36.4 Å². The fraction of sp³-hybridized carbons (Fsp3) is 0.348. The summed E-state index contributed by atoms with van der Waals surface area (Å²) in [4.78, 5) is 17.4. The van der Waals surface area contributed by atoms with E-state index in [0.29, 0.717) is 24.3 Å². The molecule has 0 atom stereocenters. The average molecular weight is 430 g/mol. The molecule has 3 rings (SSSR count). The quantitative estimate of drug-likeness (QED) is 0.748. The first kappa shape index (κ1) is 22.7. The molecule has 0 unspecified atom stereocenters. The minimum Gasteiger partial charge on any atom is -0.351 e. The number of amides is 2. The van der Waals surface area contributed by atoms with E-state index in [0.717, 1.165) is 29.6 Å². The number of nitrogens with two attached hydrogens (primary N) is 1. The highest BCUT2D eigenvalue weighted by molar-refractivity contribution is 5.98. The van der Waals surface area contributed by atoms with Crippen LogP contribution in [0.3, 0.4) is 0 Å². The van der Waals surface area contributed by atoms with E-state index in [4.69, 9.17) is 12.2 Å². The Bertz CT molecular complexity index is 1000. The van der Waals surface area contributed by atoms with E-state index >= 15 is 0 Å². The van der Waals surface area contributed by atoms with Crippen molar-refractivity contribution in [2.45, 2.75) is 19.6 Å². The zero-order valence-corrected chi connectivity index (χ0v) is 17.5. The highest BCUT2D eigenvalue weighted by Gasteiger charge is 2.35. The fourth-order valence-corrected chi connectivity index (χ4v) is 3.66. The van der Waals surface area contributed by atoms with Gasteiger partial charge in [0.15, 0.2) is 0 Å². The van der Waals surface area contributed by atoms with Gasteiger partial charge in [-0.25, -0.2) is 4.79 Å². The number of piperazine rings is 1. The number of hydrogen-bond acceptors (Lipinski definition) is 3. The zero-order chi connectivity index (χ0) is 22.8. The van der Waals surface area contributed by atoms with Gasteiger partial charge >= 0.3 is 12.2 Å². The fourth-order valence-electron chi connectivity index (χ4n) is 3.66. The Labute approximate surface area is 180 Å². The Balaban J connectivity index is 2.00. The van der Waals surface area contributed by atoms with Crippen molar-refractivity contribution >= 4 is 17.4 Å². The van der Waals surface area contributed by atoms with E-state index in [1.54, 1.807) is 18.2 Å². The largest absolute Gasteiger partial charge is 0.416 e. The van der Waals surface area contributed by atoms with E-state index in [-0.39, 0.29) is 17.8 Å². The molecule has 0 aromatic heterocycles. The van der Waals surface area contributed by atoms with Crippen molar-refractivity contribution < 1.29 is 18.0 Å². The molecule has 0 bridgehead atoms. The number of carbonyl (C=O) groups is 1. The van der Waals surface area contributed by atoms with Crippen LogP contribution in [-0.4, -0.2) is 49.1 Å². The first-order valence-corrected chi connectivity index (χ1v) is 9.88. The van der Waals surface area contributed by atoms with E-state index in [1.165, 1.54) is 12.1 Å². The summed E-state index contributed by atoms with van der Waals surface area (Å²) in [5.41, 5.74) is 6.61. The summed E-state index contributed by atoms with van der Waals surface area (Å²) < 4.78 is 41.7. The highest BCUT2D eigenvalue weighted by atomic mass is 19.4. The molecular formula is C23H25F3N4O. The third-order valence-electron chi connectivity index (χ3n) is 5.50. The lowest BCUT2D eigenvalue weighted by molar-refractivity contribution is -0.138. The standard InChI is InChI=1S/C23H25F3N4O/c1-4-17-13-19(7-5-16(17)2)30(22(27)31)20-8-6-18(21(14-20)23(24,25)26)15-29-11-9-28(3)10-12-29/h1,5-8,13-14H,9-12,15H2,2-3H3,(H2,27,31). The molecule has 0 aliphatic carbocycles. The molecule has 2 N–H and O–H groups in total. The lowest BCUT2D eigenvalue weighted by Crippen LogP contribution is -2.44. The molecule has 1 heterocycles. The van der Waals surface area contributed by atoms with Crippen LogP contribution in [0.25, 0.3) is 0 Å². The molecule has 2 amide bonds. The van der Waals surface area contributed by atoms with Crippen LogP contribution in [-0.2, 0) is 12.7 Å². The van der Waals surface area contributed by atoms with Gasteiger partial charge in [-0.1, -0.05) is 18.1 Å². The van der Waals surface area contributed by atoms with Gasteiger partial charge in [-0.2, -0.15) is 13.2 Å². The van der Waals surface area contributed by atoms with Crippen molar-refractivity contribution in [3.05, 3.63) is 58.7 Å². The van der Waals surface area contributed by atoms with E-state index < -0.39 is 17.8 Å². The number of urea groups is 1. The summed E-state index contributed by atoms with van der Waals surface area (Å²) in [6.07, 6.45) is 0.921. The lowest BCUT2D eigenvalue weighted by Gasteiger charge is -2.33. The number of anilines is 2. The van der Waals surface area contributed by atoms with Crippen LogP contribution in [0.4, 0.5) is 29.3 Å². The van der Waals surface area contributed by atoms with Crippen LogP contribution in [0.5, 0.6) is 0 Å². The summed E-state index contributed by atoms with van der Waals surface area (Å²) in [5.74, 6) is 2.51. The number of carbonyl (C=O) groups excluding carboxylic acids is 1. The van der Waals surface area contributed by atoms with Gasteiger partial charge in [-0.15, -0.1) is 6.42 Å². The number of benzene rings is 2. The maximum atomic E-state index is 13.9. The molecule has 1 aliphatic heterocycles. The Morgan fingerprint density at radius 3 is 2.32 bits per heavy atom. The first-order chi connectivity index (χ1) is 14.6. The minimum atomic E-state index is -4.57. The third kappa shape index (κ3) is 5.19. The van der Waals surface area contributed by atoms with Crippen molar-refractivity contribution in [2.24, 2.45) is 5.73 Å². The molecule has 0 spiro atoms. The van der Waals surface area contributed by atoms with Gasteiger partial charge in [0, 0.05) is 38.3 Å². The van der Waals surface area contributed by atoms with Gasteiger partial charge in [0.05, 0.1) is 16.9 Å². The maximum Gasteiger partial charge on any atom is 0.416 e. The van der Waals surface area contributed by atoms with Gasteiger partial charge < -0.3 is 10.6 Å². The van der Waals surface area contributed by atoms with Crippen LogP contribution in [0.1, 0.15) is 22.3 Å². The normalized spacial score (nSPS) is 15.5. The monoisotopic (exact) mass is 430 g/mol. The van der Waals surface area contributed by atoms with Gasteiger partial charge in [-0.05, 0) is 49.4 Å². The number of terminal acetylenes is 1. The van der Waals surface area contributed by atoms with Gasteiger partial charge in [-0.3, -0.25) is 9.80 Å². The van der Waals surface area contributed by atoms with Gasteiger partial charge in [0.2, 0.25) is 0 Å². The SMILES string of the molecule is C#Cc1cc(N(C(N)=O)c2ccc(CN3CCN(C)CC3)c(C(F)(F)F)c2)ccc1C. The zero-order valence-electron chi connectivity index (χ0n) is 17.5. The third-order valence-corrected chi connectivity index (χ3v) is 5.50. The average Bonchev–Trinajstić information content (AvgIpc) is 2.71. The Morgan fingerprint density at radius 1 is 1.13 bits per heavy atom. The molecule has 1 aliphatic rings. The number of hydrogen-bond donors (Lipinski definition) is 1. The Hall–Kier alpha value is -3.02. The molecule has 5 nitrogen and oxygen atoms in total. The second-order valence-electron chi connectivity index (χ2n) is 7.74. The highest BCUT2D eigenvalue weighted by Crippen LogP contribution is 2.37. The van der Waals surface area contributed by atoms with Crippen molar-refractivity contribution in [3.8, 4) is 12.3 Å². The van der Waals surface area contributed by atoms with Crippen molar-refractivity contribution in [3.63, 3.8) is 0 Å². The van der Waals surface area contributed by atoms with Gasteiger partial charge in [0.25, 0.3) is 0 Å². The number of aryl methyl sites for hydroxylation is 1. The number of alkyl halides is 3. The smallest absolute Gasteiger partial charge is 0.351 e. The van der Waals surface area contributed by atoms with E-state index in [1.807, 2.05) is 18.9 Å². The summed E-state index contributed by atoms with van der Waals surface area (Å²) in [7, 11) is 1.99. The predicted molar refractivity (Wildman–Crippen MR) is 115 cm³/mol. The Morgan fingerprint density at radius 2 is 1.74 bits per heavy atom. The molecule has 31 heavy (non-hydrogen) atoms. The molecule has 1 fully saturated rings. The number of rotatable bonds is 4. The van der Waals surface area contributed by atoms with E-state index in [9.17, 15) is 18.0 Å². The summed E-state index contributed by atoms with van der Waals surface area (Å²) in [6, 6.07) is 7.85. The second-order valence-corrected chi connectivity index (χ2v) is 7.74. The topological polar surface area (TPSA) is 52.8 Å². The van der Waals surface area contributed by atoms with Crippen LogP contribution in [0, 0.1) is 19.3 Å². The molecule has 8 heteroatoms. The number of likely N-dealkylation sites (N-methyl/N-ethyl adjacent to an activating group) is 1. The molecular weight excluding hydrogens is 405 g/mol. The summed E-state index contributed by atoms with van der Waals surface area (Å²) >= 11 is 0. The maximum absolute atomic E-state index is 13.9. The van der Waals surface area contributed by atoms with Crippen LogP contribution < -0.4 is 10.6 Å². The minimum absolute atomic E-state index is 0.0359. The van der Waals surface area contributed by atoms with Crippen molar-refractivity contribution in [2.75, 3.05) is 38.1 Å². The number of halogens is 3. The second kappa shape index (κ2) is 9.00. The molecule has 2 aromatic carbocycles.